The minimum Gasteiger partial charge on any atom is -0.490 e. The molecule has 0 radical (unpaired) electrons. The third-order valence-corrected chi connectivity index (χ3v) is 3.81. The molecule has 2 N–H and O–H groups in total. The first-order chi connectivity index (χ1) is 10.1. The fourth-order valence-electron chi connectivity index (χ4n) is 2.32. The van der Waals surface area contributed by atoms with Gasteiger partial charge in [-0.3, -0.25) is 0 Å². The van der Waals surface area contributed by atoms with Crippen molar-refractivity contribution in [2.45, 2.75) is 12.5 Å². The van der Waals surface area contributed by atoms with Crippen LogP contribution in [0, 0.1) is 0 Å². The molecule has 1 unspecified atom stereocenters. The van der Waals surface area contributed by atoms with Gasteiger partial charge >= 0.3 is 0 Å². The number of halogens is 2. The maximum absolute atomic E-state index is 6.31. The Morgan fingerprint density at radius 1 is 0.857 bits per heavy atom. The van der Waals surface area contributed by atoms with Gasteiger partial charge in [-0.05, 0) is 41.5 Å². The van der Waals surface area contributed by atoms with E-state index in [0.29, 0.717) is 23.3 Å². The zero-order chi connectivity index (χ0) is 14.8. The molecule has 1 aliphatic heterocycles. The monoisotopic (exact) mass is 323 g/mol. The van der Waals surface area contributed by atoms with Crippen molar-refractivity contribution >= 4 is 23.2 Å². The van der Waals surface area contributed by atoms with Gasteiger partial charge in [0, 0.05) is 16.5 Å². The van der Waals surface area contributed by atoms with Crippen molar-refractivity contribution in [3.05, 3.63) is 57.6 Å². The summed E-state index contributed by atoms with van der Waals surface area (Å²) in [5.41, 5.74) is 8.10. The minimum atomic E-state index is -0.321. The molecule has 0 fully saturated rings. The van der Waals surface area contributed by atoms with Gasteiger partial charge in [0.15, 0.2) is 11.5 Å². The predicted octanol–water partition coefficient (Wildman–Crippen LogP) is 4.20. The lowest BCUT2D eigenvalue weighted by atomic mass is 9.99. The molecule has 0 aliphatic carbocycles. The molecule has 21 heavy (non-hydrogen) atoms. The second-order valence-electron chi connectivity index (χ2n) is 4.94. The summed E-state index contributed by atoms with van der Waals surface area (Å²) in [4.78, 5) is 0. The molecule has 5 heteroatoms. The Morgan fingerprint density at radius 3 is 2.24 bits per heavy atom. The average molecular weight is 324 g/mol. The molecule has 1 atom stereocenters. The Labute approximate surface area is 133 Å². The first-order valence-electron chi connectivity index (χ1n) is 6.74. The third kappa shape index (κ3) is 3.26. The van der Waals surface area contributed by atoms with Crippen LogP contribution < -0.4 is 15.2 Å². The molecule has 0 amide bonds. The van der Waals surface area contributed by atoms with Crippen molar-refractivity contribution in [3.63, 3.8) is 0 Å². The van der Waals surface area contributed by atoms with Crippen molar-refractivity contribution in [2.24, 2.45) is 5.73 Å². The number of benzene rings is 2. The van der Waals surface area contributed by atoms with Crippen LogP contribution in [0.2, 0.25) is 10.0 Å². The zero-order valence-corrected chi connectivity index (χ0v) is 12.8. The molecule has 0 bridgehead atoms. The van der Waals surface area contributed by atoms with Gasteiger partial charge in [-0.1, -0.05) is 29.3 Å². The first-order valence-corrected chi connectivity index (χ1v) is 7.50. The van der Waals surface area contributed by atoms with E-state index >= 15 is 0 Å². The quantitative estimate of drug-likeness (QED) is 0.900. The summed E-state index contributed by atoms with van der Waals surface area (Å²) in [6, 6.07) is 10.8. The normalized spacial score (nSPS) is 15.4. The van der Waals surface area contributed by atoms with E-state index in [4.69, 9.17) is 38.4 Å². The van der Waals surface area contributed by atoms with Gasteiger partial charge in [0.25, 0.3) is 0 Å². The van der Waals surface area contributed by atoms with E-state index in [1.54, 1.807) is 6.07 Å². The van der Waals surface area contributed by atoms with Gasteiger partial charge in [-0.2, -0.15) is 0 Å². The van der Waals surface area contributed by atoms with E-state index < -0.39 is 0 Å². The van der Waals surface area contributed by atoms with Crippen LogP contribution in [-0.4, -0.2) is 13.2 Å². The summed E-state index contributed by atoms with van der Waals surface area (Å²) in [5.74, 6) is 1.49. The number of nitrogens with two attached hydrogens (primary N) is 1. The molecule has 110 valence electrons. The second kappa shape index (κ2) is 6.14. The highest BCUT2D eigenvalue weighted by Crippen LogP contribution is 2.34. The highest BCUT2D eigenvalue weighted by Gasteiger charge is 2.15. The number of fused-ring (bicyclic) bond motifs is 1. The highest BCUT2D eigenvalue weighted by molar-refractivity contribution is 6.34. The van der Waals surface area contributed by atoms with Gasteiger partial charge in [-0.15, -0.1) is 0 Å². The summed E-state index contributed by atoms with van der Waals surface area (Å²) < 4.78 is 11.3. The average Bonchev–Trinajstić information content (AvgIpc) is 2.69. The number of hydrogen-bond acceptors (Lipinski definition) is 3. The van der Waals surface area contributed by atoms with Crippen molar-refractivity contribution in [1.29, 1.82) is 0 Å². The van der Waals surface area contributed by atoms with Crippen LogP contribution in [-0.2, 0) is 0 Å². The maximum atomic E-state index is 6.31. The van der Waals surface area contributed by atoms with Gasteiger partial charge in [0.05, 0.1) is 19.3 Å². The van der Waals surface area contributed by atoms with Crippen LogP contribution in [0.15, 0.2) is 36.4 Å². The topological polar surface area (TPSA) is 44.5 Å². The highest BCUT2D eigenvalue weighted by atomic mass is 35.5. The van der Waals surface area contributed by atoms with Crippen molar-refractivity contribution < 1.29 is 9.47 Å². The lowest BCUT2D eigenvalue weighted by Gasteiger charge is -2.16. The molecule has 3 rings (SSSR count). The van der Waals surface area contributed by atoms with E-state index in [1.165, 1.54) is 0 Å². The van der Waals surface area contributed by atoms with Crippen LogP contribution in [0.25, 0.3) is 0 Å². The van der Waals surface area contributed by atoms with E-state index in [9.17, 15) is 0 Å². The summed E-state index contributed by atoms with van der Waals surface area (Å²) in [7, 11) is 0. The molecule has 3 nitrogen and oxygen atoms in total. The van der Waals surface area contributed by atoms with Crippen molar-refractivity contribution in [3.8, 4) is 11.5 Å². The predicted molar refractivity (Wildman–Crippen MR) is 84.5 cm³/mol. The fourth-order valence-corrected chi connectivity index (χ4v) is 2.86. The smallest absolute Gasteiger partial charge is 0.161 e. The van der Waals surface area contributed by atoms with E-state index in [0.717, 1.165) is 29.0 Å². The van der Waals surface area contributed by atoms with Gasteiger partial charge in [0.1, 0.15) is 0 Å². The zero-order valence-electron chi connectivity index (χ0n) is 11.3. The molecule has 1 heterocycles. The number of rotatable bonds is 2. The Bertz CT molecular complexity index is 640. The van der Waals surface area contributed by atoms with Gasteiger partial charge < -0.3 is 15.2 Å². The van der Waals surface area contributed by atoms with Crippen molar-refractivity contribution in [2.75, 3.05) is 13.2 Å². The standard InChI is InChI=1S/C16H15Cl2NO2/c17-12-6-11(7-13(18)9-12)16(19)10-2-3-14-15(8-10)21-5-1-4-20-14/h2-3,6-9,16H,1,4-5,19H2. The van der Waals surface area contributed by atoms with Crippen LogP contribution in [0.5, 0.6) is 11.5 Å². The van der Waals surface area contributed by atoms with E-state index in [2.05, 4.69) is 0 Å². The number of ether oxygens (including phenoxy) is 2. The largest absolute Gasteiger partial charge is 0.490 e. The van der Waals surface area contributed by atoms with Gasteiger partial charge in [-0.25, -0.2) is 0 Å². The Hall–Kier alpha value is -1.42. The SMILES string of the molecule is NC(c1cc(Cl)cc(Cl)c1)c1ccc2c(c1)OCCCO2. The number of hydrogen-bond donors (Lipinski definition) is 1. The minimum absolute atomic E-state index is 0.321. The summed E-state index contributed by atoms with van der Waals surface area (Å²) in [6.07, 6.45) is 0.875. The molecule has 2 aromatic carbocycles. The molecule has 0 saturated heterocycles. The Morgan fingerprint density at radius 2 is 1.52 bits per heavy atom. The molecule has 0 saturated carbocycles. The molecule has 2 aromatic rings. The third-order valence-electron chi connectivity index (χ3n) is 3.37. The van der Waals surface area contributed by atoms with E-state index in [1.807, 2.05) is 30.3 Å². The van der Waals surface area contributed by atoms with Crippen molar-refractivity contribution in [1.82, 2.24) is 0 Å². The molecular weight excluding hydrogens is 309 g/mol. The van der Waals surface area contributed by atoms with Crippen LogP contribution >= 0.6 is 23.2 Å². The molecule has 0 aromatic heterocycles. The first kappa shape index (κ1) is 14.5. The summed E-state index contributed by atoms with van der Waals surface area (Å²) in [6.45, 7) is 1.32. The van der Waals surface area contributed by atoms with Crippen LogP contribution in [0.1, 0.15) is 23.6 Å². The molecule has 0 spiro atoms. The van der Waals surface area contributed by atoms with E-state index in [-0.39, 0.29) is 6.04 Å². The summed E-state index contributed by atoms with van der Waals surface area (Å²) >= 11 is 12.1. The fraction of sp³-hybridized carbons (Fsp3) is 0.250. The molecule has 1 aliphatic rings. The lowest BCUT2D eigenvalue weighted by Crippen LogP contribution is -2.12. The Balaban J connectivity index is 1.94. The Kier molecular flexibility index (Phi) is 4.24. The van der Waals surface area contributed by atoms with Crippen LogP contribution in [0.3, 0.4) is 0 Å². The van der Waals surface area contributed by atoms with Gasteiger partial charge in [0.2, 0.25) is 0 Å². The second-order valence-corrected chi connectivity index (χ2v) is 5.81. The lowest BCUT2D eigenvalue weighted by molar-refractivity contribution is 0.297. The maximum Gasteiger partial charge on any atom is 0.161 e. The molecular formula is C16H15Cl2NO2. The van der Waals surface area contributed by atoms with Crippen LogP contribution in [0.4, 0.5) is 0 Å². The summed E-state index contributed by atoms with van der Waals surface area (Å²) in [5, 5.41) is 1.14.